The van der Waals surface area contributed by atoms with Crippen molar-refractivity contribution in [3.8, 4) is 11.8 Å². The number of nitriles is 1. The number of methoxy groups -OCH3 is 1. The standard InChI is InChI=1S/C19H20FN3O2/c1-13(19(24)22-17-7-5-4-6-15(17)11-21)23(2)12-14-8-9-18(25-3)16(20)10-14/h4-10,13H,12H2,1-3H3,(H,22,24)/p+1/t13-/m1/s1. The molecule has 25 heavy (non-hydrogen) atoms. The first kappa shape index (κ1) is 18.4. The van der Waals surface area contributed by atoms with Crippen molar-refractivity contribution in [3.63, 3.8) is 0 Å². The average molecular weight is 342 g/mol. The van der Waals surface area contributed by atoms with E-state index in [0.29, 0.717) is 17.8 Å². The van der Waals surface area contributed by atoms with Gasteiger partial charge in [0.2, 0.25) is 0 Å². The largest absolute Gasteiger partial charge is 0.494 e. The van der Waals surface area contributed by atoms with E-state index in [0.717, 1.165) is 10.5 Å². The van der Waals surface area contributed by atoms with Gasteiger partial charge >= 0.3 is 0 Å². The van der Waals surface area contributed by atoms with Crippen molar-refractivity contribution >= 4 is 11.6 Å². The molecule has 0 aromatic heterocycles. The molecule has 2 N–H and O–H groups in total. The molecule has 1 unspecified atom stereocenters. The molecule has 0 saturated heterocycles. The van der Waals surface area contributed by atoms with E-state index in [1.165, 1.54) is 13.2 Å². The lowest BCUT2D eigenvalue weighted by Crippen LogP contribution is -3.12. The highest BCUT2D eigenvalue weighted by Gasteiger charge is 2.23. The lowest BCUT2D eigenvalue weighted by molar-refractivity contribution is -0.907. The fraction of sp³-hybridized carbons (Fsp3) is 0.263. The van der Waals surface area contributed by atoms with Crippen LogP contribution >= 0.6 is 0 Å². The van der Waals surface area contributed by atoms with Gasteiger partial charge in [-0.1, -0.05) is 12.1 Å². The molecule has 0 saturated carbocycles. The summed E-state index contributed by atoms with van der Waals surface area (Å²) in [5.74, 6) is -0.428. The summed E-state index contributed by atoms with van der Waals surface area (Å²) in [5.41, 5.74) is 1.68. The first-order valence-electron chi connectivity index (χ1n) is 7.91. The number of halogens is 1. The highest BCUT2D eigenvalue weighted by Crippen LogP contribution is 2.17. The minimum Gasteiger partial charge on any atom is -0.494 e. The van der Waals surface area contributed by atoms with Crippen LogP contribution in [0.5, 0.6) is 5.75 Å². The Hall–Kier alpha value is -2.91. The van der Waals surface area contributed by atoms with Crippen LogP contribution in [0.2, 0.25) is 0 Å². The van der Waals surface area contributed by atoms with Crippen LogP contribution in [0.15, 0.2) is 42.5 Å². The smallest absolute Gasteiger partial charge is 0.282 e. The second kappa shape index (κ2) is 8.27. The van der Waals surface area contributed by atoms with Crippen LogP contribution in [-0.4, -0.2) is 26.1 Å². The van der Waals surface area contributed by atoms with Crippen molar-refractivity contribution in [2.24, 2.45) is 0 Å². The van der Waals surface area contributed by atoms with E-state index in [1.54, 1.807) is 43.3 Å². The molecule has 2 aromatic rings. The number of ether oxygens (including phenoxy) is 1. The molecule has 0 fully saturated rings. The number of hydrogen-bond acceptors (Lipinski definition) is 3. The van der Waals surface area contributed by atoms with Gasteiger partial charge in [-0.3, -0.25) is 4.79 Å². The van der Waals surface area contributed by atoms with E-state index < -0.39 is 5.82 Å². The van der Waals surface area contributed by atoms with Crippen molar-refractivity contribution in [2.45, 2.75) is 19.5 Å². The maximum absolute atomic E-state index is 13.8. The monoisotopic (exact) mass is 342 g/mol. The quantitative estimate of drug-likeness (QED) is 0.840. The molecule has 0 aliphatic heterocycles. The third kappa shape index (κ3) is 4.55. The molecule has 2 rings (SSSR count). The number of carbonyl (C=O) groups is 1. The highest BCUT2D eigenvalue weighted by molar-refractivity contribution is 5.94. The fourth-order valence-corrected chi connectivity index (χ4v) is 2.45. The Labute approximate surface area is 146 Å². The summed E-state index contributed by atoms with van der Waals surface area (Å²) in [6, 6.07) is 13.3. The van der Waals surface area contributed by atoms with Crippen molar-refractivity contribution in [1.82, 2.24) is 0 Å². The van der Waals surface area contributed by atoms with Gasteiger partial charge in [-0.05, 0) is 37.3 Å². The number of hydrogen-bond donors (Lipinski definition) is 2. The molecule has 1 amide bonds. The summed E-state index contributed by atoms with van der Waals surface area (Å²) in [6.45, 7) is 2.27. The van der Waals surface area contributed by atoms with Crippen molar-refractivity contribution in [3.05, 3.63) is 59.4 Å². The zero-order valence-corrected chi connectivity index (χ0v) is 14.5. The summed E-state index contributed by atoms with van der Waals surface area (Å²) in [5, 5.41) is 11.9. The number of anilines is 1. The van der Waals surface area contributed by atoms with Gasteiger partial charge in [0, 0.05) is 5.56 Å². The van der Waals surface area contributed by atoms with Gasteiger partial charge in [0.25, 0.3) is 5.91 Å². The van der Waals surface area contributed by atoms with Crippen LogP contribution in [0.3, 0.4) is 0 Å². The Morgan fingerprint density at radius 1 is 1.36 bits per heavy atom. The van der Waals surface area contributed by atoms with Gasteiger partial charge in [-0.15, -0.1) is 0 Å². The van der Waals surface area contributed by atoms with Crippen LogP contribution in [0.1, 0.15) is 18.1 Å². The topological polar surface area (TPSA) is 66.6 Å². The van der Waals surface area contributed by atoms with Crippen LogP contribution in [0.25, 0.3) is 0 Å². The van der Waals surface area contributed by atoms with E-state index >= 15 is 0 Å². The number of likely N-dealkylation sites (N-methyl/N-ethyl adjacent to an activating group) is 1. The first-order chi connectivity index (χ1) is 12.0. The van der Waals surface area contributed by atoms with E-state index in [4.69, 9.17) is 10.00 Å². The lowest BCUT2D eigenvalue weighted by Gasteiger charge is -2.21. The summed E-state index contributed by atoms with van der Waals surface area (Å²) in [7, 11) is 3.28. The van der Waals surface area contributed by atoms with E-state index in [1.807, 2.05) is 7.05 Å². The second-order valence-corrected chi connectivity index (χ2v) is 5.86. The highest BCUT2D eigenvalue weighted by atomic mass is 19.1. The van der Waals surface area contributed by atoms with Gasteiger partial charge < -0.3 is 15.0 Å². The van der Waals surface area contributed by atoms with E-state index in [2.05, 4.69) is 11.4 Å². The summed E-state index contributed by atoms with van der Waals surface area (Å²) < 4.78 is 18.7. The number of carbonyl (C=O) groups excluding carboxylic acids is 1. The predicted molar refractivity (Wildman–Crippen MR) is 92.8 cm³/mol. The molecular formula is C19H21FN3O2+. The number of rotatable bonds is 6. The molecular weight excluding hydrogens is 321 g/mol. The Morgan fingerprint density at radius 3 is 2.72 bits per heavy atom. The summed E-state index contributed by atoms with van der Waals surface area (Å²) >= 11 is 0. The van der Waals surface area contributed by atoms with Crippen LogP contribution in [-0.2, 0) is 11.3 Å². The Balaban J connectivity index is 2.04. The minimum atomic E-state index is -0.423. The van der Waals surface area contributed by atoms with Crippen molar-refractivity contribution in [1.29, 1.82) is 5.26 Å². The molecule has 0 spiro atoms. The van der Waals surface area contributed by atoms with Crippen LogP contribution in [0.4, 0.5) is 10.1 Å². The minimum absolute atomic E-state index is 0.195. The number of nitrogens with zero attached hydrogens (tertiary/aromatic N) is 1. The van der Waals surface area contributed by atoms with Gasteiger partial charge in [0.05, 0.1) is 25.4 Å². The fourth-order valence-electron chi connectivity index (χ4n) is 2.45. The zero-order valence-electron chi connectivity index (χ0n) is 14.5. The summed E-state index contributed by atoms with van der Waals surface area (Å²) in [4.78, 5) is 13.3. The van der Waals surface area contributed by atoms with Crippen molar-refractivity contribution in [2.75, 3.05) is 19.5 Å². The lowest BCUT2D eigenvalue weighted by atomic mass is 10.1. The summed E-state index contributed by atoms with van der Waals surface area (Å²) in [6.07, 6.45) is 0. The maximum atomic E-state index is 13.8. The first-order valence-corrected chi connectivity index (χ1v) is 7.91. The Kier molecular flexibility index (Phi) is 6.09. The third-order valence-electron chi connectivity index (χ3n) is 4.14. The maximum Gasteiger partial charge on any atom is 0.282 e. The molecule has 0 heterocycles. The van der Waals surface area contributed by atoms with Crippen molar-refractivity contribution < 1.29 is 18.8 Å². The van der Waals surface area contributed by atoms with E-state index in [9.17, 15) is 9.18 Å². The molecule has 6 heteroatoms. The van der Waals surface area contributed by atoms with Crippen LogP contribution < -0.4 is 15.0 Å². The molecule has 130 valence electrons. The Morgan fingerprint density at radius 2 is 2.08 bits per heavy atom. The number of amides is 1. The molecule has 2 atom stereocenters. The van der Waals surface area contributed by atoms with Gasteiger partial charge in [0.1, 0.15) is 12.6 Å². The Bertz CT molecular complexity index is 801. The van der Waals surface area contributed by atoms with E-state index in [-0.39, 0.29) is 17.7 Å². The van der Waals surface area contributed by atoms with Crippen LogP contribution in [0, 0.1) is 17.1 Å². The molecule has 0 aliphatic carbocycles. The average Bonchev–Trinajstić information content (AvgIpc) is 2.61. The number of nitrogens with one attached hydrogen (secondary N) is 2. The molecule has 0 bridgehead atoms. The second-order valence-electron chi connectivity index (χ2n) is 5.86. The number of benzene rings is 2. The SMILES string of the molecule is COc1ccc(C[NH+](C)[C@H](C)C(=O)Nc2ccccc2C#N)cc1F. The molecule has 2 aromatic carbocycles. The molecule has 0 aliphatic rings. The van der Waals surface area contributed by atoms with Gasteiger partial charge in [-0.2, -0.15) is 5.26 Å². The molecule has 0 radical (unpaired) electrons. The number of para-hydroxylation sites is 1. The zero-order chi connectivity index (χ0) is 18.4. The normalized spacial score (nSPS) is 12.8. The van der Waals surface area contributed by atoms with Gasteiger partial charge in [0.15, 0.2) is 17.6 Å². The number of quaternary nitrogens is 1. The van der Waals surface area contributed by atoms with Gasteiger partial charge in [-0.25, -0.2) is 4.39 Å². The predicted octanol–water partition coefficient (Wildman–Crippen LogP) is 1.75. The molecule has 5 nitrogen and oxygen atoms in total. The third-order valence-corrected chi connectivity index (χ3v) is 4.14.